The first-order chi connectivity index (χ1) is 6.24. The molecule has 0 aliphatic rings. The van der Waals surface area contributed by atoms with Crippen molar-refractivity contribution in [1.29, 1.82) is 5.26 Å². The van der Waals surface area contributed by atoms with Crippen molar-refractivity contribution in [2.75, 3.05) is 11.9 Å². The molecule has 0 saturated carbocycles. The molecule has 4 heteroatoms. The number of nitriles is 1. The Kier molecular flexibility index (Phi) is 3.47. The molecule has 66 valence electrons. The highest BCUT2D eigenvalue weighted by Gasteiger charge is 2.00. The van der Waals surface area contributed by atoms with Gasteiger partial charge >= 0.3 is 0 Å². The molecule has 1 aromatic rings. The van der Waals surface area contributed by atoms with E-state index in [1.807, 2.05) is 12.1 Å². The molecule has 0 unspecified atom stereocenters. The van der Waals surface area contributed by atoms with Gasteiger partial charge in [-0.1, -0.05) is 22.5 Å². The van der Waals surface area contributed by atoms with E-state index in [9.17, 15) is 0 Å². The molecule has 0 fully saturated rings. The molecule has 0 aliphatic heterocycles. The van der Waals surface area contributed by atoms with Crippen LogP contribution in [0.5, 0.6) is 0 Å². The molecule has 0 aliphatic carbocycles. The molecule has 1 rings (SSSR count). The molecule has 0 amide bonds. The number of pyridine rings is 1. The van der Waals surface area contributed by atoms with Crippen LogP contribution < -0.4 is 5.32 Å². The van der Waals surface area contributed by atoms with Crippen molar-refractivity contribution in [2.45, 2.75) is 0 Å². The highest BCUT2D eigenvalue weighted by atomic mass is 79.9. The Balaban J connectivity index is 2.77. The third-order valence-corrected chi connectivity index (χ3v) is 1.66. The van der Waals surface area contributed by atoms with E-state index in [1.165, 1.54) is 0 Å². The Labute approximate surface area is 85.2 Å². The Morgan fingerprint density at radius 3 is 3.15 bits per heavy atom. The maximum atomic E-state index is 8.70. The number of halogens is 1. The van der Waals surface area contributed by atoms with Crippen LogP contribution in [0.15, 0.2) is 29.4 Å². The normalized spacial score (nSPS) is 8.92. The molecule has 0 bridgehead atoms. The molecular weight excluding hydrogens is 230 g/mol. The molecule has 1 heterocycles. The van der Waals surface area contributed by atoms with Gasteiger partial charge in [-0.2, -0.15) is 5.26 Å². The topological polar surface area (TPSA) is 48.7 Å². The number of nitrogens with zero attached hydrogens (tertiary/aromatic N) is 2. The molecule has 0 aromatic carbocycles. The van der Waals surface area contributed by atoms with E-state index >= 15 is 0 Å². The molecule has 0 saturated heterocycles. The van der Waals surface area contributed by atoms with E-state index in [4.69, 9.17) is 5.26 Å². The fourth-order valence-electron chi connectivity index (χ4n) is 0.828. The smallest absolute Gasteiger partial charge is 0.163 e. The van der Waals surface area contributed by atoms with Crippen molar-refractivity contribution in [1.82, 2.24) is 4.98 Å². The summed E-state index contributed by atoms with van der Waals surface area (Å²) in [6.07, 6.45) is 1.59. The molecule has 3 nitrogen and oxygen atoms in total. The monoisotopic (exact) mass is 237 g/mol. The molecule has 0 atom stereocenters. The minimum absolute atomic E-state index is 0.399. The van der Waals surface area contributed by atoms with Gasteiger partial charge in [0.15, 0.2) is 5.69 Å². The second-order valence-electron chi connectivity index (χ2n) is 2.38. The first-order valence-corrected chi connectivity index (χ1v) is 4.45. The zero-order chi connectivity index (χ0) is 9.68. The molecule has 0 radical (unpaired) electrons. The second-order valence-corrected chi connectivity index (χ2v) is 3.50. The summed E-state index contributed by atoms with van der Waals surface area (Å²) in [5.41, 5.74) is 1.13. The highest BCUT2D eigenvalue weighted by Crippen LogP contribution is 2.11. The van der Waals surface area contributed by atoms with Gasteiger partial charge < -0.3 is 5.32 Å². The third-order valence-electron chi connectivity index (χ3n) is 1.38. The maximum absolute atomic E-state index is 8.70. The van der Waals surface area contributed by atoms with Crippen molar-refractivity contribution in [3.63, 3.8) is 0 Å². The van der Waals surface area contributed by atoms with Crippen LogP contribution in [0.4, 0.5) is 5.69 Å². The summed E-state index contributed by atoms with van der Waals surface area (Å²) in [5, 5.41) is 11.7. The van der Waals surface area contributed by atoms with Gasteiger partial charge in [0.2, 0.25) is 0 Å². The molecule has 0 spiro atoms. The number of rotatable bonds is 3. The lowest BCUT2D eigenvalue weighted by atomic mass is 10.3. The Morgan fingerprint density at radius 1 is 1.77 bits per heavy atom. The highest BCUT2D eigenvalue weighted by molar-refractivity contribution is 9.11. The Hall–Kier alpha value is -1.34. The van der Waals surface area contributed by atoms with E-state index in [1.54, 1.807) is 12.3 Å². The van der Waals surface area contributed by atoms with Gasteiger partial charge in [-0.3, -0.25) is 0 Å². The fourth-order valence-corrected chi connectivity index (χ4v) is 0.968. The number of hydrogen-bond donors (Lipinski definition) is 1. The van der Waals surface area contributed by atoms with Crippen LogP contribution in [0.1, 0.15) is 5.69 Å². The Morgan fingerprint density at radius 2 is 2.54 bits per heavy atom. The van der Waals surface area contributed by atoms with Gasteiger partial charge in [0.25, 0.3) is 0 Å². The van der Waals surface area contributed by atoms with Crippen LogP contribution in [0.2, 0.25) is 0 Å². The van der Waals surface area contributed by atoms with Crippen molar-refractivity contribution in [2.24, 2.45) is 0 Å². The van der Waals surface area contributed by atoms with Crippen LogP contribution in [0.25, 0.3) is 0 Å². The summed E-state index contributed by atoms with van der Waals surface area (Å²) in [5.74, 6) is 0. The number of anilines is 1. The first kappa shape index (κ1) is 9.75. The minimum atomic E-state index is 0.399. The van der Waals surface area contributed by atoms with Gasteiger partial charge in [0.1, 0.15) is 6.07 Å². The fraction of sp³-hybridized carbons (Fsp3) is 0.111. The predicted molar refractivity (Wildman–Crippen MR) is 55.5 cm³/mol. The van der Waals surface area contributed by atoms with Gasteiger partial charge in [-0.25, -0.2) is 4.98 Å². The summed E-state index contributed by atoms with van der Waals surface area (Å²) in [7, 11) is 0. The first-order valence-electron chi connectivity index (χ1n) is 3.66. The van der Waals surface area contributed by atoms with Crippen LogP contribution in [-0.4, -0.2) is 11.5 Å². The zero-order valence-electron chi connectivity index (χ0n) is 6.92. The van der Waals surface area contributed by atoms with Crippen molar-refractivity contribution < 1.29 is 0 Å². The predicted octanol–water partition coefficient (Wildman–Crippen LogP) is 2.27. The lowest BCUT2D eigenvalue weighted by molar-refractivity contribution is 1.22. The van der Waals surface area contributed by atoms with E-state index in [2.05, 4.69) is 32.8 Å². The number of nitrogens with one attached hydrogen (secondary N) is 1. The lowest BCUT2D eigenvalue weighted by Crippen LogP contribution is -2.03. The van der Waals surface area contributed by atoms with E-state index < -0.39 is 0 Å². The number of aromatic nitrogens is 1. The molecule has 1 N–H and O–H groups in total. The summed E-state index contributed by atoms with van der Waals surface area (Å²) in [6, 6.07) is 5.59. The van der Waals surface area contributed by atoms with E-state index in [0.717, 1.165) is 10.2 Å². The number of hydrogen-bond acceptors (Lipinski definition) is 3. The van der Waals surface area contributed by atoms with Gasteiger partial charge in [-0.15, -0.1) is 0 Å². The Bertz CT molecular complexity index is 354. The van der Waals surface area contributed by atoms with E-state index in [0.29, 0.717) is 12.2 Å². The van der Waals surface area contributed by atoms with Crippen LogP contribution in [0, 0.1) is 11.3 Å². The SMILES string of the molecule is C=C(Br)CNc1cccnc1C#N. The van der Waals surface area contributed by atoms with Crippen LogP contribution in [0.3, 0.4) is 0 Å². The standard InChI is InChI=1S/C9H8BrN3/c1-7(10)6-13-8-3-2-4-12-9(8)5-11/h2-4,13H,1,6H2. The molecule has 1 aromatic heterocycles. The minimum Gasteiger partial charge on any atom is -0.378 e. The van der Waals surface area contributed by atoms with E-state index in [-0.39, 0.29) is 0 Å². The summed E-state index contributed by atoms with van der Waals surface area (Å²) in [4.78, 5) is 3.91. The van der Waals surface area contributed by atoms with Gasteiger partial charge in [0, 0.05) is 17.2 Å². The molecular formula is C9H8BrN3. The quantitative estimate of drug-likeness (QED) is 0.878. The largest absolute Gasteiger partial charge is 0.378 e. The third kappa shape index (κ3) is 2.88. The van der Waals surface area contributed by atoms with Crippen molar-refractivity contribution in [3.05, 3.63) is 35.1 Å². The summed E-state index contributed by atoms with van der Waals surface area (Å²) < 4.78 is 0.834. The van der Waals surface area contributed by atoms with Crippen molar-refractivity contribution >= 4 is 21.6 Å². The van der Waals surface area contributed by atoms with Gasteiger partial charge in [0.05, 0.1) is 5.69 Å². The average Bonchev–Trinajstić information content (AvgIpc) is 2.15. The maximum Gasteiger partial charge on any atom is 0.163 e. The summed E-state index contributed by atoms with van der Waals surface area (Å²) >= 11 is 3.22. The van der Waals surface area contributed by atoms with Crippen molar-refractivity contribution in [3.8, 4) is 6.07 Å². The average molecular weight is 238 g/mol. The molecule has 13 heavy (non-hydrogen) atoms. The second kappa shape index (κ2) is 4.63. The zero-order valence-corrected chi connectivity index (χ0v) is 8.50. The van der Waals surface area contributed by atoms with Crippen LogP contribution in [-0.2, 0) is 0 Å². The lowest BCUT2D eigenvalue weighted by Gasteiger charge is -2.05. The summed E-state index contributed by atoms with van der Waals surface area (Å²) in [6.45, 7) is 4.26. The van der Waals surface area contributed by atoms with Gasteiger partial charge in [-0.05, 0) is 12.1 Å². The van der Waals surface area contributed by atoms with Crippen LogP contribution >= 0.6 is 15.9 Å².